The smallest absolute Gasteiger partial charge is 0.292 e. The molecule has 0 heterocycles. The molecule has 1 rings (SSSR count). The predicted octanol–water partition coefficient (Wildman–Crippen LogP) is 3.01. The molecule has 1 N–H and O–H groups in total. The van der Waals surface area contributed by atoms with Crippen LogP contribution in [0.15, 0.2) is 12.1 Å². The lowest BCUT2D eigenvalue weighted by molar-refractivity contribution is -0.384. The maximum absolute atomic E-state index is 11.2. The van der Waals surface area contributed by atoms with Gasteiger partial charge in [-0.3, -0.25) is 15.0 Å². The number of benzene rings is 1. The van der Waals surface area contributed by atoms with Crippen molar-refractivity contribution in [2.75, 3.05) is 25.5 Å². The molecule has 1 unspecified atom stereocenters. The van der Waals surface area contributed by atoms with Crippen LogP contribution in [0.25, 0.3) is 0 Å². The summed E-state index contributed by atoms with van der Waals surface area (Å²) < 4.78 is 5.24. The van der Waals surface area contributed by atoms with Crippen LogP contribution in [0.5, 0.6) is 5.75 Å². The Bertz CT molecular complexity index is 473. The Labute approximate surface area is 119 Å². The van der Waals surface area contributed by atoms with E-state index in [1.807, 2.05) is 6.92 Å². The highest BCUT2D eigenvalue weighted by Gasteiger charge is 2.20. The molecule has 0 bridgehead atoms. The SMILES string of the molecule is CCN(CC)C(C)Nc1cc(OC)c(C)cc1[N+](=O)[O-]. The normalized spacial score (nSPS) is 12.3. The third kappa shape index (κ3) is 3.60. The van der Waals surface area contributed by atoms with Crippen molar-refractivity contribution in [3.8, 4) is 5.75 Å². The van der Waals surface area contributed by atoms with Crippen molar-refractivity contribution >= 4 is 11.4 Å². The zero-order valence-electron chi connectivity index (χ0n) is 12.8. The number of nitro groups is 1. The molecule has 0 spiro atoms. The van der Waals surface area contributed by atoms with E-state index in [2.05, 4.69) is 24.1 Å². The molecule has 0 aliphatic carbocycles. The van der Waals surface area contributed by atoms with Gasteiger partial charge in [0.05, 0.1) is 18.2 Å². The van der Waals surface area contributed by atoms with Crippen LogP contribution in [0.1, 0.15) is 26.3 Å². The molecule has 0 saturated heterocycles. The van der Waals surface area contributed by atoms with Crippen LogP contribution < -0.4 is 10.1 Å². The third-order valence-corrected chi connectivity index (χ3v) is 3.43. The number of nitro benzene ring substituents is 1. The minimum absolute atomic E-state index is 0.0103. The second-order valence-electron chi connectivity index (χ2n) is 4.64. The van der Waals surface area contributed by atoms with Crippen molar-refractivity contribution in [3.05, 3.63) is 27.8 Å². The largest absolute Gasteiger partial charge is 0.496 e. The number of rotatable bonds is 7. The van der Waals surface area contributed by atoms with Gasteiger partial charge in [-0.05, 0) is 32.5 Å². The lowest BCUT2D eigenvalue weighted by atomic mass is 10.1. The fourth-order valence-corrected chi connectivity index (χ4v) is 2.25. The summed E-state index contributed by atoms with van der Waals surface area (Å²) in [4.78, 5) is 13.0. The van der Waals surface area contributed by atoms with Crippen LogP contribution in [0.4, 0.5) is 11.4 Å². The van der Waals surface area contributed by atoms with Gasteiger partial charge in [-0.2, -0.15) is 0 Å². The van der Waals surface area contributed by atoms with Crippen LogP contribution in [0.3, 0.4) is 0 Å². The van der Waals surface area contributed by atoms with Gasteiger partial charge in [0, 0.05) is 12.1 Å². The Hall–Kier alpha value is -1.82. The van der Waals surface area contributed by atoms with E-state index in [-0.39, 0.29) is 16.8 Å². The molecule has 6 heteroatoms. The van der Waals surface area contributed by atoms with Crippen molar-refractivity contribution in [2.24, 2.45) is 0 Å². The van der Waals surface area contributed by atoms with E-state index < -0.39 is 0 Å². The molecule has 0 amide bonds. The highest BCUT2D eigenvalue weighted by atomic mass is 16.6. The van der Waals surface area contributed by atoms with E-state index in [9.17, 15) is 10.1 Å². The molecular formula is C14H23N3O3. The first-order chi connectivity index (χ1) is 9.44. The molecular weight excluding hydrogens is 258 g/mol. The first kappa shape index (κ1) is 16.2. The quantitative estimate of drug-likeness (QED) is 0.473. The molecule has 0 radical (unpaired) electrons. The van der Waals surface area contributed by atoms with Crippen molar-refractivity contribution in [1.29, 1.82) is 0 Å². The molecule has 1 aromatic rings. The summed E-state index contributed by atoms with van der Waals surface area (Å²) in [7, 11) is 1.56. The zero-order chi connectivity index (χ0) is 15.3. The maximum atomic E-state index is 11.2. The van der Waals surface area contributed by atoms with Gasteiger partial charge in [0.25, 0.3) is 5.69 Å². The van der Waals surface area contributed by atoms with Crippen LogP contribution in [0, 0.1) is 17.0 Å². The lowest BCUT2D eigenvalue weighted by Gasteiger charge is -2.28. The summed E-state index contributed by atoms with van der Waals surface area (Å²) in [6.45, 7) is 9.66. The van der Waals surface area contributed by atoms with Crippen LogP contribution >= 0.6 is 0 Å². The monoisotopic (exact) mass is 281 g/mol. The average Bonchev–Trinajstić information content (AvgIpc) is 2.41. The number of nitrogens with one attached hydrogen (secondary N) is 1. The highest BCUT2D eigenvalue weighted by Crippen LogP contribution is 2.32. The van der Waals surface area contributed by atoms with Crippen LogP contribution in [0.2, 0.25) is 0 Å². The summed E-state index contributed by atoms with van der Waals surface area (Å²) in [6.07, 6.45) is 0.0103. The Morgan fingerprint density at radius 3 is 2.45 bits per heavy atom. The van der Waals surface area contributed by atoms with Crippen molar-refractivity contribution in [3.63, 3.8) is 0 Å². The van der Waals surface area contributed by atoms with Gasteiger partial charge in [0.2, 0.25) is 0 Å². The lowest BCUT2D eigenvalue weighted by Crippen LogP contribution is -2.38. The van der Waals surface area contributed by atoms with E-state index >= 15 is 0 Å². The fourth-order valence-electron chi connectivity index (χ4n) is 2.25. The molecule has 0 saturated carbocycles. The summed E-state index contributed by atoms with van der Waals surface area (Å²) >= 11 is 0. The van der Waals surface area contributed by atoms with E-state index in [4.69, 9.17) is 4.74 Å². The predicted molar refractivity (Wildman–Crippen MR) is 80.4 cm³/mol. The molecule has 0 aromatic heterocycles. The van der Waals surface area contributed by atoms with Gasteiger partial charge in [0.1, 0.15) is 11.4 Å². The van der Waals surface area contributed by atoms with Gasteiger partial charge in [-0.15, -0.1) is 0 Å². The Kier molecular flexibility index (Phi) is 5.76. The number of methoxy groups -OCH3 is 1. The van der Waals surface area contributed by atoms with Crippen LogP contribution in [-0.2, 0) is 0 Å². The maximum Gasteiger partial charge on any atom is 0.292 e. The van der Waals surface area contributed by atoms with Gasteiger partial charge in [-0.25, -0.2) is 0 Å². The molecule has 0 aliphatic heterocycles. The first-order valence-electron chi connectivity index (χ1n) is 6.78. The number of anilines is 1. The minimum atomic E-state index is -0.371. The number of nitrogens with zero attached hydrogens (tertiary/aromatic N) is 2. The molecule has 0 aliphatic rings. The fraction of sp³-hybridized carbons (Fsp3) is 0.571. The van der Waals surface area contributed by atoms with Gasteiger partial charge in [-0.1, -0.05) is 13.8 Å². The Morgan fingerprint density at radius 1 is 1.40 bits per heavy atom. The molecule has 1 atom stereocenters. The van der Waals surface area contributed by atoms with Crippen molar-refractivity contribution in [2.45, 2.75) is 33.9 Å². The highest BCUT2D eigenvalue weighted by molar-refractivity contribution is 5.66. The second kappa shape index (κ2) is 7.09. The molecule has 6 nitrogen and oxygen atoms in total. The summed E-state index contributed by atoms with van der Waals surface area (Å²) in [5.74, 6) is 0.643. The Balaban J connectivity index is 3.11. The van der Waals surface area contributed by atoms with E-state index in [0.717, 1.165) is 18.7 Å². The average molecular weight is 281 g/mol. The molecule has 0 fully saturated rings. The molecule has 112 valence electrons. The van der Waals surface area contributed by atoms with Gasteiger partial charge in [0.15, 0.2) is 0 Å². The number of hydrogen-bond donors (Lipinski definition) is 1. The number of ether oxygens (including phenoxy) is 1. The molecule has 20 heavy (non-hydrogen) atoms. The number of aryl methyl sites for hydroxylation is 1. The van der Waals surface area contributed by atoms with Crippen molar-refractivity contribution in [1.82, 2.24) is 4.90 Å². The number of hydrogen-bond acceptors (Lipinski definition) is 5. The topological polar surface area (TPSA) is 67.6 Å². The third-order valence-electron chi connectivity index (χ3n) is 3.43. The van der Waals surface area contributed by atoms with Gasteiger partial charge >= 0.3 is 0 Å². The summed E-state index contributed by atoms with van der Waals surface area (Å²) in [6, 6.07) is 3.23. The van der Waals surface area contributed by atoms with E-state index in [1.54, 1.807) is 20.1 Å². The summed E-state index contributed by atoms with van der Waals surface area (Å²) in [5, 5.41) is 14.4. The Morgan fingerprint density at radius 2 is 2.00 bits per heavy atom. The summed E-state index contributed by atoms with van der Waals surface area (Å²) in [5.41, 5.74) is 1.30. The van der Waals surface area contributed by atoms with E-state index in [0.29, 0.717) is 11.4 Å². The van der Waals surface area contributed by atoms with Gasteiger partial charge < -0.3 is 10.1 Å². The second-order valence-corrected chi connectivity index (χ2v) is 4.64. The standard InChI is InChI=1S/C14H23N3O3/c1-6-16(7-2)11(4)15-12-9-14(20-5)10(3)8-13(12)17(18)19/h8-9,11,15H,6-7H2,1-5H3. The van der Waals surface area contributed by atoms with E-state index in [1.165, 1.54) is 6.07 Å². The minimum Gasteiger partial charge on any atom is -0.496 e. The first-order valence-corrected chi connectivity index (χ1v) is 6.78. The van der Waals surface area contributed by atoms with Crippen LogP contribution in [-0.4, -0.2) is 36.2 Å². The molecule has 1 aromatic carbocycles. The zero-order valence-corrected chi connectivity index (χ0v) is 12.8. The van der Waals surface area contributed by atoms with Crippen molar-refractivity contribution < 1.29 is 9.66 Å².